The Morgan fingerprint density at radius 2 is 1.80 bits per heavy atom. The predicted molar refractivity (Wildman–Crippen MR) is 80.4 cm³/mol. The van der Waals surface area contributed by atoms with Crippen molar-refractivity contribution < 1.29 is 13.9 Å². The summed E-state index contributed by atoms with van der Waals surface area (Å²) in [6.07, 6.45) is 0. The number of nitrogens with zero attached hydrogens (tertiary/aromatic N) is 1. The highest BCUT2D eigenvalue weighted by Gasteiger charge is 2.24. The zero-order valence-electron chi connectivity index (χ0n) is 11.8. The van der Waals surface area contributed by atoms with Gasteiger partial charge in [-0.25, -0.2) is 4.39 Å². The number of hydrogen-bond donors (Lipinski definition) is 1. The summed E-state index contributed by atoms with van der Waals surface area (Å²) in [7, 11) is 3.19. The van der Waals surface area contributed by atoms with Crippen LogP contribution in [0.1, 0.15) is 11.6 Å². The number of piperazine rings is 1. The van der Waals surface area contributed by atoms with E-state index in [0.29, 0.717) is 11.5 Å². The highest BCUT2D eigenvalue weighted by Crippen LogP contribution is 2.38. The van der Waals surface area contributed by atoms with Gasteiger partial charge in [0.2, 0.25) is 0 Å². The van der Waals surface area contributed by atoms with Crippen molar-refractivity contribution in [3.05, 3.63) is 22.2 Å². The van der Waals surface area contributed by atoms with E-state index in [1.165, 1.54) is 0 Å². The lowest BCUT2D eigenvalue weighted by Crippen LogP contribution is -2.45. The highest BCUT2D eigenvalue weighted by molar-refractivity contribution is 9.10. The highest BCUT2D eigenvalue weighted by atomic mass is 79.9. The second kappa shape index (κ2) is 7.24. The number of rotatable bonds is 5. The number of hydrogen-bond acceptors (Lipinski definition) is 4. The van der Waals surface area contributed by atoms with Gasteiger partial charge < -0.3 is 14.8 Å². The third kappa shape index (κ3) is 3.24. The number of benzene rings is 1. The molecule has 1 fully saturated rings. The van der Waals surface area contributed by atoms with Crippen molar-refractivity contribution in [2.45, 2.75) is 6.04 Å². The largest absolute Gasteiger partial charge is 0.495 e. The van der Waals surface area contributed by atoms with E-state index in [4.69, 9.17) is 9.47 Å². The predicted octanol–water partition coefficient (Wildman–Crippen LogP) is 2.38. The van der Waals surface area contributed by atoms with Gasteiger partial charge in [0.25, 0.3) is 0 Å². The number of nitrogens with one attached hydrogen (secondary N) is 1. The molecule has 0 unspecified atom stereocenters. The first-order valence-electron chi connectivity index (χ1n) is 6.63. The average molecular weight is 347 g/mol. The Morgan fingerprint density at radius 1 is 1.25 bits per heavy atom. The molecular weight excluding hydrogens is 327 g/mol. The molecule has 0 aliphatic carbocycles. The fourth-order valence-electron chi connectivity index (χ4n) is 2.47. The van der Waals surface area contributed by atoms with Crippen molar-refractivity contribution >= 4 is 15.9 Å². The van der Waals surface area contributed by atoms with Crippen LogP contribution in [0, 0.1) is 0 Å². The van der Waals surface area contributed by atoms with Crippen LogP contribution in [0.4, 0.5) is 4.39 Å². The van der Waals surface area contributed by atoms with Gasteiger partial charge in [-0.3, -0.25) is 4.90 Å². The van der Waals surface area contributed by atoms with E-state index >= 15 is 0 Å². The van der Waals surface area contributed by atoms with Gasteiger partial charge in [-0.05, 0) is 33.6 Å². The number of ether oxygens (including phenoxy) is 2. The quantitative estimate of drug-likeness (QED) is 0.887. The minimum absolute atomic E-state index is 0.256. The fraction of sp³-hybridized carbons (Fsp3) is 0.571. The standard InChI is InChI=1S/C14H20BrFN2O2/c1-19-12-7-10(8-13(20-2)14(12)15)11(9-16)18-5-3-17-4-6-18/h7-8,11,17H,3-6,9H2,1-2H3/t11-/m1/s1. The van der Waals surface area contributed by atoms with Crippen molar-refractivity contribution in [1.82, 2.24) is 10.2 Å². The van der Waals surface area contributed by atoms with Crippen LogP contribution in [0.25, 0.3) is 0 Å². The molecule has 20 heavy (non-hydrogen) atoms. The van der Waals surface area contributed by atoms with Crippen LogP contribution in [-0.4, -0.2) is 52.0 Å². The monoisotopic (exact) mass is 346 g/mol. The average Bonchev–Trinajstić information content (AvgIpc) is 2.50. The Morgan fingerprint density at radius 3 is 2.25 bits per heavy atom. The maximum absolute atomic E-state index is 13.5. The molecule has 1 aromatic carbocycles. The number of methoxy groups -OCH3 is 2. The van der Waals surface area contributed by atoms with Crippen LogP contribution in [0.5, 0.6) is 11.5 Å². The number of alkyl halides is 1. The van der Waals surface area contributed by atoms with Crippen molar-refractivity contribution in [1.29, 1.82) is 0 Å². The Hall–Kier alpha value is -0.850. The first-order chi connectivity index (χ1) is 9.71. The second-order valence-electron chi connectivity index (χ2n) is 4.70. The van der Waals surface area contributed by atoms with E-state index in [-0.39, 0.29) is 6.04 Å². The summed E-state index contributed by atoms with van der Waals surface area (Å²) in [4.78, 5) is 2.15. The lowest BCUT2D eigenvalue weighted by Gasteiger charge is -2.34. The molecule has 1 aliphatic rings. The number of halogens is 2. The Bertz CT molecular complexity index is 428. The second-order valence-corrected chi connectivity index (χ2v) is 5.49. The zero-order chi connectivity index (χ0) is 14.5. The van der Waals surface area contributed by atoms with Crippen molar-refractivity contribution in [3.8, 4) is 11.5 Å². The maximum atomic E-state index is 13.5. The van der Waals surface area contributed by atoms with E-state index < -0.39 is 6.67 Å². The van der Waals surface area contributed by atoms with Gasteiger partial charge in [0.05, 0.1) is 20.3 Å². The summed E-state index contributed by atoms with van der Waals surface area (Å²) in [5.41, 5.74) is 0.881. The van der Waals surface area contributed by atoms with Crippen molar-refractivity contribution in [2.24, 2.45) is 0 Å². The molecule has 1 atom stereocenters. The molecule has 1 saturated heterocycles. The van der Waals surface area contributed by atoms with Gasteiger partial charge in [-0.2, -0.15) is 0 Å². The van der Waals surface area contributed by atoms with E-state index in [0.717, 1.165) is 36.2 Å². The molecular formula is C14H20BrFN2O2. The zero-order valence-corrected chi connectivity index (χ0v) is 13.4. The molecule has 0 radical (unpaired) electrons. The van der Waals surface area contributed by atoms with Gasteiger partial charge in [0.1, 0.15) is 22.6 Å². The summed E-state index contributed by atoms with van der Waals surface area (Å²) >= 11 is 3.44. The molecule has 0 aromatic heterocycles. The smallest absolute Gasteiger partial charge is 0.137 e. The van der Waals surface area contributed by atoms with Crippen LogP contribution < -0.4 is 14.8 Å². The molecule has 112 valence electrons. The molecule has 1 N–H and O–H groups in total. The summed E-state index contributed by atoms with van der Waals surface area (Å²) in [5, 5.41) is 3.28. The van der Waals surface area contributed by atoms with Crippen LogP contribution >= 0.6 is 15.9 Å². The minimum atomic E-state index is -0.423. The van der Waals surface area contributed by atoms with Crippen molar-refractivity contribution in [3.63, 3.8) is 0 Å². The molecule has 0 bridgehead atoms. The molecule has 0 spiro atoms. The molecule has 1 aliphatic heterocycles. The van der Waals surface area contributed by atoms with E-state index in [2.05, 4.69) is 26.1 Å². The summed E-state index contributed by atoms with van der Waals surface area (Å²) in [5.74, 6) is 1.32. The van der Waals surface area contributed by atoms with Crippen LogP contribution in [-0.2, 0) is 0 Å². The Balaban J connectivity index is 2.33. The molecule has 4 nitrogen and oxygen atoms in total. The maximum Gasteiger partial charge on any atom is 0.137 e. The first-order valence-corrected chi connectivity index (χ1v) is 7.42. The molecule has 1 aromatic rings. The van der Waals surface area contributed by atoms with E-state index in [1.807, 2.05) is 12.1 Å². The normalized spacial score (nSPS) is 17.8. The summed E-state index contributed by atoms with van der Waals surface area (Å²) < 4.78 is 25.0. The minimum Gasteiger partial charge on any atom is -0.495 e. The van der Waals surface area contributed by atoms with E-state index in [1.54, 1.807) is 14.2 Å². The van der Waals surface area contributed by atoms with Gasteiger partial charge in [-0.15, -0.1) is 0 Å². The van der Waals surface area contributed by atoms with Crippen LogP contribution in [0.2, 0.25) is 0 Å². The van der Waals surface area contributed by atoms with E-state index in [9.17, 15) is 4.39 Å². The first kappa shape index (κ1) is 15.5. The van der Waals surface area contributed by atoms with Crippen LogP contribution in [0.15, 0.2) is 16.6 Å². The van der Waals surface area contributed by atoms with Gasteiger partial charge >= 0.3 is 0 Å². The molecule has 0 amide bonds. The lowest BCUT2D eigenvalue weighted by atomic mass is 10.0. The Labute approximate surface area is 127 Å². The third-order valence-corrected chi connectivity index (χ3v) is 4.37. The van der Waals surface area contributed by atoms with Crippen LogP contribution in [0.3, 0.4) is 0 Å². The topological polar surface area (TPSA) is 33.7 Å². The molecule has 0 saturated carbocycles. The molecule has 1 heterocycles. The van der Waals surface area contributed by atoms with Gasteiger partial charge in [-0.1, -0.05) is 0 Å². The lowest BCUT2D eigenvalue weighted by molar-refractivity contribution is 0.147. The van der Waals surface area contributed by atoms with Gasteiger partial charge in [0, 0.05) is 26.2 Å². The third-order valence-electron chi connectivity index (χ3n) is 3.59. The molecule has 2 rings (SSSR count). The molecule has 6 heteroatoms. The summed E-state index contributed by atoms with van der Waals surface area (Å²) in [6, 6.07) is 3.49. The fourth-order valence-corrected chi connectivity index (χ4v) is 3.03. The van der Waals surface area contributed by atoms with Gasteiger partial charge in [0.15, 0.2) is 0 Å². The SMILES string of the molecule is COc1cc([C@@H](CF)N2CCNCC2)cc(OC)c1Br. The van der Waals surface area contributed by atoms with Crippen molar-refractivity contribution in [2.75, 3.05) is 47.1 Å². The summed E-state index contributed by atoms with van der Waals surface area (Å²) in [6.45, 7) is 3.04. The Kier molecular flexibility index (Phi) is 5.63.